The molecule has 0 fully saturated rings. The number of aryl methyl sites for hydroxylation is 1. The third kappa shape index (κ3) is 2.58. The van der Waals surface area contributed by atoms with Crippen LogP contribution in [-0.2, 0) is 6.42 Å². The largest absolute Gasteiger partial charge is 0.354 e. The molecule has 0 atom stereocenters. The maximum atomic E-state index is 12.2. The highest BCUT2D eigenvalue weighted by Crippen LogP contribution is 2.21. The number of aromatic nitrogens is 2. The van der Waals surface area contributed by atoms with Crippen LogP contribution in [-0.4, -0.2) is 21.7 Å². The van der Waals surface area contributed by atoms with Crippen molar-refractivity contribution in [3.63, 3.8) is 0 Å². The van der Waals surface area contributed by atoms with Gasteiger partial charge in [-0.3, -0.25) is 14.9 Å². The number of nitrogens with zero attached hydrogens (tertiary/aromatic N) is 1. The number of amides is 1. The number of carbonyl (C=O) groups excluding carboxylic acids is 2. The molecule has 1 amide bonds. The number of anilines is 1. The summed E-state index contributed by atoms with van der Waals surface area (Å²) in [6.07, 6.45) is 2.25. The van der Waals surface area contributed by atoms with E-state index in [9.17, 15) is 9.59 Å². The molecule has 2 N–H and O–H groups in total. The Morgan fingerprint density at radius 1 is 1.47 bits per heavy atom. The monoisotopic (exact) mass is 277 g/mol. The van der Waals surface area contributed by atoms with Crippen LogP contribution in [0.2, 0.25) is 0 Å². The first-order chi connectivity index (χ1) is 9.04. The van der Waals surface area contributed by atoms with Gasteiger partial charge in [-0.15, -0.1) is 11.3 Å². The van der Waals surface area contributed by atoms with Gasteiger partial charge in [0.25, 0.3) is 5.91 Å². The van der Waals surface area contributed by atoms with Crippen LogP contribution in [0.1, 0.15) is 46.0 Å². The predicted molar refractivity (Wildman–Crippen MR) is 75.0 cm³/mol. The van der Waals surface area contributed by atoms with Gasteiger partial charge in [-0.25, -0.2) is 4.98 Å². The third-order valence-electron chi connectivity index (χ3n) is 2.88. The van der Waals surface area contributed by atoms with Gasteiger partial charge in [0.05, 0.1) is 0 Å². The van der Waals surface area contributed by atoms with Gasteiger partial charge in [-0.05, 0) is 25.8 Å². The summed E-state index contributed by atoms with van der Waals surface area (Å²) in [5.41, 5.74) is 2.56. The highest BCUT2D eigenvalue weighted by molar-refractivity contribution is 7.13. The summed E-state index contributed by atoms with van der Waals surface area (Å²) in [6.45, 7) is 5.24. The smallest absolute Gasteiger partial charge is 0.274 e. The van der Waals surface area contributed by atoms with Crippen molar-refractivity contribution < 1.29 is 9.59 Å². The standard InChI is InChI=1S/C13H15N3O2S/c1-4-9-10(8(3)17)7(2)15-11(9)12(18)16-13-14-5-6-19-13/h5-6,15H,4H2,1-3H3,(H,14,16,18). The summed E-state index contributed by atoms with van der Waals surface area (Å²) in [5.74, 6) is -0.290. The minimum atomic E-state index is -0.262. The van der Waals surface area contributed by atoms with Crippen LogP contribution in [0.4, 0.5) is 5.13 Å². The number of nitrogens with one attached hydrogen (secondary N) is 2. The molecule has 2 aromatic heterocycles. The molecular formula is C13H15N3O2S. The molecule has 0 aromatic carbocycles. The number of ketones is 1. The van der Waals surface area contributed by atoms with E-state index < -0.39 is 0 Å². The molecule has 2 aromatic rings. The second kappa shape index (κ2) is 5.36. The average Bonchev–Trinajstić information content (AvgIpc) is 2.95. The maximum Gasteiger partial charge on any atom is 0.274 e. The zero-order chi connectivity index (χ0) is 14.0. The Bertz CT molecular complexity index is 614. The molecule has 0 saturated carbocycles. The molecular weight excluding hydrogens is 262 g/mol. The van der Waals surface area contributed by atoms with Gasteiger partial charge in [0.2, 0.25) is 0 Å². The number of thiazole rings is 1. The summed E-state index contributed by atoms with van der Waals surface area (Å²) in [6, 6.07) is 0. The van der Waals surface area contributed by atoms with Crippen LogP contribution in [0.15, 0.2) is 11.6 Å². The third-order valence-corrected chi connectivity index (χ3v) is 3.57. The maximum absolute atomic E-state index is 12.2. The normalized spacial score (nSPS) is 10.5. The number of hydrogen-bond donors (Lipinski definition) is 2. The fraction of sp³-hybridized carbons (Fsp3) is 0.308. The van der Waals surface area contributed by atoms with Gasteiger partial charge in [-0.2, -0.15) is 0 Å². The highest BCUT2D eigenvalue weighted by atomic mass is 32.1. The molecule has 0 radical (unpaired) electrons. The van der Waals surface area contributed by atoms with E-state index in [4.69, 9.17) is 0 Å². The van der Waals surface area contributed by atoms with Gasteiger partial charge < -0.3 is 4.98 Å². The molecule has 100 valence electrons. The van der Waals surface area contributed by atoms with Crippen molar-refractivity contribution in [3.8, 4) is 0 Å². The summed E-state index contributed by atoms with van der Waals surface area (Å²) in [5, 5.41) is 5.05. The lowest BCUT2D eigenvalue weighted by Gasteiger charge is -2.03. The fourth-order valence-corrected chi connectivity index (χ4v) is 2.67. The quantitative estimate of drug-likeness (QED) is 0.844. The Kier molecular flexibility index (Phi) is 3.80. The minimum Gasteiger partial charge on any atom is -0.354 e. The van der Waals surface area contributed by atoms with Crippen LogP contribution in [0.5, 0.6) is 0 Å². The van der Waals surface area contributed by atoms with E-state index in [1.54, 1.807) is 18.5 Å². The molecule has 2 heterocycles. The number of carbonyl (C=O) groups is 2. The van der Waals surface area contributed by atoms with Crippen molar-refractivity contribution in [1.82, 2.24) is 9.97 Å². The highest BCUT2D eigenvalue weighted by Gasteiger charge is 2.21. The number of H-pyrrole nitrogens is 1. The molecule has 19 heavy (non-hydrogen) atoms. The van der Waals surface area contributed by atoms with E-state index in [1.165, 1.54) is 18.3 Å². The molecule has 2 rings (SSSR count). The van der Waals surface area contributed by atoms with Crippen molar-refractivity contribution in [2.45, 2.75) is 27.2 Å². The average molecular weight is 277 g/mol. The lowest BCUT2D eigenvalue weighted by Crippen LogP contribution is -2.14. The van der Waals surface area contributed by atoms with Crippen LogP contribution in [0.25, 0.3) is 0 Å². The van der Waals surface area contributed by atoms with E-state index in [-0.39, 0.29) is 11.7 Å². The molecule has 0 saturated heterocycles. The Morgan fingerprint density at radius 3 is 2.74 bits per heavy atom. The Hall–Kier alpha value is -1.95. The van der Waals surface area contributed by atoms with E-state index in [1.807, 2.05) is 6.92 Å². The van der Waals surface area contributed by atoms with Crippen molar-refractivity contribution in [2.75, 3.05) is 5.32 Å². The van der Waals surface area contributed by atoms with Gasteiger partial charge in [0.1, 0.15) is 5.69 Å². The summed E-state index contributed by atoms with van der Waals surface area (Å²) < 4.78 is 0. The van der Waals surface area contributed by atoms with E-state index in [0.717, 1.165) is 11.3 Å². The minimum absolute atomic E-state index is 0.0288. The first-order valence-electron chi connectivity index (χ1n) is 5.97. The summed E-state index contributed by atoms with van der Waals surface area (Å²) >= 11 is 1.35. The van der Waals surface area contributed by atoms with Gasteiger partial charge in [0, 0.05) is 22.8 Å². The van der Waals surface area contributed by atoms with E-state index >= 15 is 0 Å². The second-order valence-electron chi connectivity index (χ2n) is 4.18. The van der Waals surface area contributed by atoms with Crippen LogP contribution in [0, 0.1) is 6.92 Å². The van der Waals surface area contributed by atoms with E-state index in [2.05, 4.69) is 15.3 Å². The number of rotatable bonds is 4. The molecule has 0 unspecified atom stereocenters. The van der Waals surface area contributed by atoms with Crippen LogP contribution < -0.4 is 5.32 Å². The zero-order valence-corrected chi connectivity index (χ0v) is 11.9. The summed E-state index contributed by atoms with van der Waals surface area (Å²) in [4.78, 5) is 30.8. The summed E-state index contributed by atoms with van der Waals surface area (Å²) in [7, 11) is 0. The Balaban J connectivity index is 2.37. The van der Waals surface area contributed by atoms with Gasteiger partial charge >= 0.3 is 0 Å². The topological polar surface area (TPSA) is 74.8 Å². The first-order valence-corrected chi connectivity index (χ1v) is 6.85. The molecule has 0 aliphatic carbocycles. The Labute approximate surface area is 115 Å². The molecule has 5 nitrogen and oxygen atoms in total. The number of hydrogen-bond acceptors (Lipinski definition) is 4. The lowest BCUT2D eigenvalue weighted by atomic mass is 10.0. The van der Waals surface area contributed by atoms with Gasteiger partial charge in [0.15, 0.2) is 10.9 Å². The van der Waals surface area contributed by atoms with E-state index in [0.29, 0.717) is 22.8 Å². The lowest BCUT2D eigenvalue weighted by molar-refractivity contribution is 0.101. The first kappa shape index (κ1) is 13.5. The fourth-order valence-electron chi connectivity index (χ4n) is 2.15. The Morgan fingerprint density at radius 2 is 2.21 bits per heavy atom. The zero-order valence-electron chi connectivity index (χ0n) is 11.0. The van der Waals surface area contributed by atoms with Gasteiger partial charge in [-0.1, -0.05) is 6.92 Å². The SMILES string of the molecule is CCc1c(C(=O)Nc2nccs2)[nH]c(C)c1C(C)=O. The van der Waals surface area contributed by atoms with Crippen molar-refractivity contribution in [2.24, 2.45) is 0 Å². The van der Waals surface area contributed by atoms with Crippen molar-refractivity contribution in [1.29, 1.82) is 0 Å². The van der Waals surface area contributed by atoms with Crippen LogP contribution in [0.3, 0.4) is 0 Å². The molecule has 0 spiro atoms. The molecule has 0 aliphatic heterocycles. The number of Topliss-reactive ketones (excluding diaryl/α,β-unsaturated/α-hetero) is 1. The molecule has 6 heteroatoms. The van der Waals surface area contributed by atoms with Crippen molar-refractivity contribution in [3.05, 3.63) is 34.1 Å². The second-order valence-corrected chi connectivity index (χ2v) is 5.07. The molecule has 0 bridgehead atoms. The predicted octanol–water partition coefficient (Wildman–Crippen LogP) is 2.80. The number of aromatic amines is 1. The molecule has 0 aliphatic rings. The van der Waals surface area contributed by atoms with Crippen LogP contribution >= 0.6 is 11.3 Å². The van der Waals surface area contributed by atoms with Crippen molar-refractivity contribution >= 4 is 28.2 Å².